The zero-order chi connectivity index (χ0) is 15.5. The summed E-state index contributed by atoms with van der Waals surface area (Å²) < 4.78 is 0. The molecule has 4 nitrogen and oxygen atoms in total. The van der Waals surface area contributed by atoms with Crippen molar-refractivity contribution >= 4 is 23.6 Å². The van der Waals surface area contributed by atoms with Gasteiger partial charge in [0, 0.05) is 11.8 Å². The van der Waals surface area contributed by atoms with E-state index >= 15 is 0 Å². The Labute approximate surface area is 127 Å². The summed E-state index contributed by atoms with van der Waals surface area (Å²) in [6.07, 6.45) is 0.618. The molecule has 0 aromatic heterocycles. The van der Waals surface area contributed by atoms with Crippen molar-refractivity contribution in [1.29, 1.82) is 0 Å². The summed E-state index contributed by atoms with van der Waals surface area (Å²) in [5.74, 6) is 2.06. The van der Waals surface area contributed by atoms with Gasteiger partial charge in [-0.25, -0.2) is 0 Å². The van der Waals surface area contributed by atoms with Gasteiger partial charge in [-0.15, -0.1) is 0 Å². The monoisotopic (exact) mass is 300 g/mol. The minimum Gasteiger partial charge on any atom is -0.340 e. The van der Waals surface area contributed by atoms with Gasteiger partial charge in [-0.05, 0) is 31.9 Å². The average Bonchev–Trinajstić information content (AvgIpc) is 2.39. The summed E-state index contributed by atoms with van der Waals surface area (Å²) in [6.45, 7) is 11.9. The van der Waals surface area contributed by atoms with E-state index in [9.17, 15) is 9.59 Å². The smallest absolute Gasteiger partial charge is 0.248 e. The molecular formula is C15H28N2O2S. The van der Waals surface area contributed by atoms with Gasteiger partial charge in [-0.2, -0.15) is 11.8 Å². The van der Waals surface area contributed by atoms with Gasteiger partial charge in [0.05, 0.1) is 0 Å². The first-order valence-corrected chi connectivity index (χ1v) is 8.66. The number of amides is 2. The van der Waals surface area contributed by atoms with Crippen molar-refractivity contribution < 1.29 is 9.59 Å². The maximum atomic E-state index is 12.8. The van der Waals surface area contributed by atoms with E-state index in [1.165, 1.54) is 0 Å². The lowest BCUT2D eigenvalue weighted by Crippen LogP contribution is -2.71. The van der Waals surface area contributed by atoms with Gasteiger partial charge < -0.3 is 10.2 Å². The highest BCUT2D eigenvalue weighted by Crippen LogP contribution is 2.28. The molecule has 5 heteroatoms. The van der Waals surface area contributed by atoms with Gasteiger partial charge in [0.1, 0.15) is 11.6 Å². The Morgan fingerprint density at radius 3 is 2.35 bits per heavy atom. The van der Waals surface area contributed by atoms with Crippen LogP contribution in [0.15, 0.2) is 0 Å². The van der Waals surface area contributed by atoms with Gasteiger partial charge in [0.2, 0.25) is 11.8 Å². The minimum absolute atomic E-state index is 0.0164. The third kappa shape index (κ3) is 3.30. The number of rotatable bonds is 6. The molecule has 1 aliphatic heterocycles. The Morgan fingerprint density at radius 2 is 1.90 bits per heavy atom. The molecule has 1 heterocycles. The summed E-state index contributed by atoms with van der Waals surface area (Å²) in [5.41, 5.74) is -0.756. The highest BCUT2D eigenvalue weighted by molar-refractivity contribution is 7.99. The Bertz CT molecular complexity index is 373. The molecule has 1 fully saturated rings. The molecule has 1 N–H and O–H groups in total. The normalized spacial score (nSPS) is 28.8. The molecule has 2 amide bonds. The van der Waals surface area contributed by atoms with Crippen molar-refractivity contribution in [2.24, 2.45) is 5.92 Å². The SMILES string of the molecule is CCSCC(C)N1C(=O)C(C)(CC)NC(=O)C1C(C)C. The standard InChI is InChI=1S/C15H28N2O2S/c1-7-15(6)14(19)17(11(5)9-20-8-2)12(10(3)4)13(18)16-15/h10-12H,7-9H2,1-6H3,(H,16,18). The van der Waals surface area contributed by atoms with Crippen LogP contribution in [-0.2, 0) is 9.59 Å². The quantitative estimate of drug-likeness (QED) is 0.819. The minimum atomic E-state index is -0.756. The Balaban J connectivity index is 3.08. The zero-order valence-electron chi connectivity index (χ0n) is 13.5. The number of piperazine rings is 1. The van der Waals surface area contributed by atoms with Crippen LogP contribution in [0.4, 0.5) is 0 Å². The summed E-state index contributed by atoms with van der Waals surface area (Å²) in [6, 6.07) is -0.272. The molecule has 3 unspecified atom stereocenters. The van der Waals surface area contributed by atoms with E-state index in [2.05, 4.69) is 12.2 Å². The lowest BCUT2D eigenvalue weighted by Gasteiger charge is -2.48. The van der Waals surface area contributed by atoms with E-state index in [0.29, 0.717) is 6.42 Å². The van der Waals surface area contributed by atoms with Crippen LogP contribution in [0.1, 0.15) is 48.0 Å². The first kappa shape index (κ1) is 17.3. The van der Waals surface area contributed by atoms with Crippen LogP contribution < -0.4 is 5.32 Å². The molecule has 1 saturated heterocycles. The second kappa shape index (κ2) is 6.83. The van der Waals surface area contributed by atoms with Crippen molar-refractivity contribution in [3.63, 3.8) is 0 Å². The van der Waals surface area contributed by atoms with Gasteiger partial charge in [0.25, 0.3) is 0 Å². The largest absolute Gasteiger partial charge is 0.340 e. The Kier molecular flexibility index (Phi) is 5.92. The second-order valence-electron chi connectivity index (χ2n) is 6.08. The summed E-state index contributed by atoms with van der Waals surface area (Å²) in [5, 5.41) is 2.93. The van der Waals surface area contributed by atoms with Crippen molar-refractivity contribution in [3.05, 3.63) is 0 Å². The van der Waals surface area contributed by atoms with Gasteiger partial charge in [-0.3, -0.25) is 9.59 Å². The maximum Gasteiger partial charge on any atom is 0.248 e. The summed E-state index contributed by atoms with van der Waals surface area (Å²) in [4.78, 5) is 27.1. The molecule has 0 aliphatic carbocycles. The molecule has 1 rings (SSSR count). The highest BCUT2D eigenvalue weighted by Gasteiger charge is 2.49. The van der Waals surface area contributed by atoms with E-state index in [1.54, 1.807) is 0 Å². The molecule has 0 bridgehead atoms. The average molecular weight is 300 g/mol. The van der Waals surface area contributed by atoms with Crippen LogP contribution in [0.25, 0.3) is 0 Å². The summed E-state index contributed by atoms with van der Waals surface area (Å²) in [7, 11) is 0. The third-order valence-electron chi connectivity index (χ3n) is 4.05. The molecule has 1 aliphatic rings. The first-order valence-electron chi connectivity index (χ1n) is 7.51. The Morgan fingerprint density at radius 1 is 1.30 bits per heavy atom. The number of nitrogens with one attached hydrogen (secondary N) is 1. The number of thioether (sulfide) groups is 1. The molecule has 0 aromatic carbocycles. The van der Waals surface area contributed by atoms with Crippen LogP contribution in [0.5, 0.6) is 0 Å². The molecular weight excluding hydrogens is 272 g/mol. The van der Waals surface area contributed by atoms with Gasteiger partial charge >= 0.3 is 0 Å². The van der Waals surface area contributed by atoms with Crippen LogP contribution >= 0.6 is 11.8 Å². The predicted octanol–water partition coefficient (Wildman–Crippen LogP) is 2.28. The fourth-order valence-corrected chi connectivity index (χ4v) is 3.38. The number of carbonyl (C=O) groups excluding carboxylic acids is 2. The first-order chi connectivity index (χ1) is 9.28. The second-order valence-corrected chi connectivity index (χ2v) is 7.40. The molecule has 116 valence electrons. The maximum absolute atomic E-state index is 12.8. The fourth-order valence-electron chi connectivity index (χ4n) is 2.64. The number of hydrogen-bond acceptors (Lipinski definition) is 3. The van der Waals surface area contributed by atoms with Crippen molar-refractivity contribution in [3.8, 4) is 0 Å². The van der Waals surface area contributed by atoms with Crippen LogP contribution in [-0.4, -0.2) is 45.8 Å². The lowest BCUT2D eigenvalue weighted by molar-refractivity contribution is -0.158. The van der Waals surface area contributed by atoms with E-state index in [-0.39, 0.29) is 29.8 Å². The third-order valence-corrected chi connectivity index (χ3v) is 5.18. The Hall–Kier alpha value is -0.710. The van der Waals surface area contributed by atoms with E-state index in [1.807, 2.05) is 51.3 Å². The molecule has 0 spiro atoms. The molecule has 20 heavy (non-hydrogen) atoms. The zero-order valence-corrected chi connectivity index (χ0v) is 14.3. The molecule has 3 atom stereocenters. The van der Waals surface area contributed by atoms with E-state index < -0.39 is 5.54 Å². The van der Waals surface area contributed by atoms with Crippen molar-refractivity contribution in [1.82, 2.24) is 10.2 Å². The fraction of sp³-hybridized carbons (Fsp3) is 0.867. The molecule has 0 saturated carbocycles. The lowest BCUT2D eigenvalue weighted by atomic mass is 9.87. The molecule has 0 radical (unpaired) electrons. The number of nitrogens with zero attached hydrogens (tertiary/aromatic N) is 1. The highest BCUT2D eigenvalue weighted by atomic mass is 32.2. The number of carbonyl (C=O) groups is 2. The van der Waals surface area contributed by atoms with Crippen molar-refractivity contribution in [2.75, 3.05) is 11.5 Å². The van der Waals surface area contributed by atoms with Crippen LogP contribution in [0.2, 0.25) is 0 Å². The number of hydrogen-bond donors (Lipinski definition) is 1. The topological polar surface area (TPSA) is 49.4 Å². The predicted molar refractivity (Wildman–Crippen MR) is 84.8 cm³/mol. The summed E-state index contributed by atoms with van der Waals surface area (Å²) >= 11 is 1.81. The van der Waals surface area contributed by atoms with E-state index in [4.69, 9.17) is 0 Å². The van der Waals surface area contributed by atoms with Gasteiger partial charge in [0.15, 0.2) is 0 Å². The molecule has 0 aromatic rings. The van der Waals surface area contributed by atoms with Crippen LogP contribution in [0.3, 0.4) is 0 Å². The van der Waals surface area contributed by atoms with Crippen molar-refractivity contribution in [2.45, 2.75) is 65.6 Å². The van der Waals surface area contributed by atoms with Crippen LogP contribution in [0, 0.1) is 5.92 Å². The van der Waals surface area contributed by atoms with E-state index in [0.717, 1.165) is 11.5 Å². The van der Waals surface area contributed by atoms with Gasteiger partial charge in [-0.1, -0.05) is 27.7 Å².